The first-order chi connectivity index (χ1) is 12.5. The highest BCUT2D eigenvalue weighted by atomic mass is 127. The molecule has 2 rings (SSSR count). The maximum Gasteiger partial charge on any atom is 0.231 e. The van der Waals surface area contributed by atoms with Gasteiger partial charge < -0.3 is 21.1 Å². The van der Waals surface area contributed by atoms with Crippen LogP contribution in [0.3, 0.4) is 0 Å². The summed E-state index contributed by atoms with van der Waals surface area (Å²) >= 11 is 0. The molecule has 1 aromatic carbocycles. The van der Waals surface area contributed by atoms with Gasteiger partial charge in [0.2, 0.25) is 5.91 Å². The zero-order chi connectivity index (χ0) is 18.9. The second-order valence-corrected chi connectivity index (χ2v) is 6.39. The van der Waals surface area contributed by atoms with E-state index in [1.165, 1.54) is 12.1 Å². The van der Waals surface area contributed by atoms with E-state index in [2.05, 4.69) is 20.5 Å². The fraction of sp³-hybridized carbons (Fsp3) is 0.556. The first-order valence-electron chi connectivity index (χ1n) is 8.78. The van der Waals surface area contributed by atoms with Gasteiger partial charge in [-0.1, -0.05) is 12.1 Å². The Bertz CT molecular complexity index is 606. The molecule has 0 aromatic heterocycles. The predicted octanol–water partition coefficient (Wildman–Crippen LogP) is 1.25. The van der Waals surface area contributed by atoms with Crippen molar-refractivity contribution in [3.8, 4) is 0 Å². The molecule has 152 valence electrons. The number of nitrogens with two attached hydrogens (primary N) is 1. The van der Waals surface area contributed by atoms with Gasteiger partial charge in [-0.3, -0.25) is 14.7 Å². The number of halogens is 2. The second-order valence-electron chi connectivity index (χ2n) is 6.39. The number of aliphatic imine (C=N–C) groups is 1. The van der Waals surface area contributed by atoms with Crippen LogP contribution in [0, 0.1) is 5.82 Å². The Balaban J connectivity index is 0.00000364. The van der Waals surface area contributed by atoms with Crippen LogP contribution < -0.4 is 16.4 Å². The molecule has 1 aliphatic heterocycles. The first kappa shape index (κ1) is 23.6. The summed E-state index contributed by atoms with van der Waals surface area (Å²) in [4.78, 5) is 17.3. The highest BCUT2D eigenvalue weighted by Crippen LogP contribution is 2.16. The molecule has 1 heterocycles. The van der Waals surface area contributed by atoms with Crippen molar-refractivity contribution >= 4 is 35.8 Å². The van der Waals surface area contributed by atoms with Gasteiger partial charge in [-0.2, -0.15) is 0 Å². The minimum Gasteiger partial charge on any atom is -0.375 e. The van der Waals surface area contributed by atoms with E-state index in [1.54, 1.807) is 26.3 Å². The smallest absolute Gasteiger partial charge is 0.231 e. The number of carbonyl (C=O) groups is 1. The number of piperidine rings is 1. The molecule has 9 heteroatoms. The molecule has 0 spiro atoms. The van der Waals surface area contributed by atoms with Gasteiger partial charge in [0.15, 0.2) is 5.96 Å². The number of methoxy groups -OCH3 is 1. The lowest BCUT2D eigenvalue weighted by molar-refractivity contribution is -0.119. The zero-order valence-corrected chi connectivity index (χ0v) is 18.1. The average molecular weight is 493 g/mol. The summed E-state index contributed by atoms with van der Waals surface area (Å²) in [5.41, 5.74) is 6.14. The van der Waals surface area contributed by atoms with E-state index in [0.29, 0.717) is 19.0 Å². The zero-order valence-electron chi connectivity index (χ0n) is 15.8. The number of carbonyl (C=O) groups excluding carboxylic acids is 1. The summed E-state index contributed by atoms with van der Waals surface area (Å²) in [5.74, 6) is 0.138. The van der Waals surface area contributed by atoms with E-state index in [-0.39, 0.29) is 47.8 Å². The Morgan fingerprint density at radius 3 is 2.52 bits per heavy atom. The van der Waals surface area contributed by atoms with Crippen LogP contribution in [0.1, 0.15) is 24.5 Å². The van der Waals surface area contributed by atoms with Crippen molar-refractivity contribution in [2.75, 3.05) is 40.3 Å². The predicted molar refractivity (Wildman–Crippen MR) is 115 cm³/mol. The second kappa shape index (κ2) is 12.1. The van der Waals surface area contributed by atoms with Gasteiger partial charge in [-0.15, -0.1) is 24.0 Å². The van der Waals surface area contributed by atoms with E-state index >= 15 is 0 Å². The van der Waals surface area contributed by atoms with Gasteiger partial charge in [0.05, 0.1) is 12.6 Å². The van der Waals surface area contributed by atoms with Crippen LogP contribution in [0.2, 0.25) is 0 Å². The van der Waals surface area contributed by atoms with Gasteiger partial charge in [0.1, 0.15) is 5.82 Å². The van der Waals surface area contributed by atoms with Crippen LogP contribution in [0.4, 0.5) is 4.39 Å². The van der Waals surface area contributed by atoms with Crippen molar-refractivity contribution in [1.29, 1.82) is 0 Å². The summed E-state index contributed by atoms with van der Waals surface area (Å²) in [6.07, 6.45) is 1.63. The molecule has 0 aliphatic carbocycles. The largest absolute Gasteiger partial charge is 0.375 e. The third-order valence-corrected chi connectivity index (χ3v) is 4.51. The minimum absolute atomic E-state index is 0. The maximum absolute atomic E-state index is 13.1. The van der Waals surface area contributed by atoms with Crippen molar-refractivity contribution < 1.29 is 13.9 Å². The summed E-state index contributed by atoms with van der Waals surface area (Å²) < 4.78 is 18.6. The number of rotatable bonds is 7. The van der Waals surface area contributed by atoms with E-state index in [1.807, 2.05) is 0 Å². The van der Waals surface area contributed by atoms with Crippen LogP contribution in [0.15, 0.2) is 29.3 Å². The minimum atomic E-state index is -0.291. The fourth-order valence-corrected chi connectivity index (χ4v) is 3.05. The fourth-order valence-electron chi connectivity index (χ4n) is 3.05. The Hall–Kier alpha value is -1.46. The van der Waals surface area contributed by atoms with Crippen molar-refractivity contribution in [1.82, 2.24) is 15.5 Å². The Labute approximate surface area is 176 Å². The number of benzene rings is 1. The third-order valence-electron chi connectivity index (χ3n) is 4.51. The number of likely N-dealkylation sites (tertiary alicyclic amines) is 1. The van der Waals surface area contributed by atoms with Gasteiger partial charge in [0.25, 0.3) is 0 Å². The number of nitrogens with zero attached hydrogens (tertiary/aromatic N) is 2. The molecule has 0 bridgehead atoms. The Kier molecular flexibility index (Phi) is 10.6. The average Bonchev–Trinajstić information content (AvgIpc) is 2.63. The van der Waals surface area contributed by atoms with Crippen LogP contribution in [0.25, 0.3) is 0 Å². The molecule has 0 saturated carbocycles. The van der Waals surface area contributed by atoms with Crippen molar-refractivity contribution in [3.63, 3.8) is 0 Å². The monoisotopic (exact) mass is 493 g/mol. The highest BCUT2D eigenvalue weighted by molar-refractivity contribution is 14.0. The number of amides is 1. The molecule has 7 nitrogen and oxygen atoms in total. The first-order valence-corrected chi connectivity index (χ1v) is 8.78. The highest BCUT2D eigenvalue weighted by Gasteiger charge is 2.21. The molecule has 0 radical (unpaired) electrons. The van der Waals surface area contributed by atoms with Gasteiger partial charge in [0, 0.05) is 39.8 Å². The molecule has 1 saturated heterocycles. The summed E-state index contributed by atoms with van der Waals surface area (Å²) in [6.45, 7) is 2.48. The number of hydrogen-bond acceptors (Lipinski definition) is 4. The number of ether oxygens (including phenoxy) is 1. The third kappa shape index (κ3) is 7.97. The van der Waals surface area contributed by atoms with Crippen LogP contribution in [-0.4, -0.2) is 63.1 Å². The standard InChI is InChI=1S/C18H28FN5O2.HI/c1-21-18(23-15-7-9-24(10-8-15)12-17(20)25)22-11-16(26-2)13-3-5-14(19)6-4-13;/h3-6,15-16H,7-12H2,1-2H3,(H2,20,25)(H2,21,22,23);1H. The van der Waals surface area contributed by atoms with E-state index in [4.69, 9.17) is 10.5 Å². The topological polar surface area (TPSA) is 92.0 Å². The van der Waals surface area contributed by atoms with E-state index in [9.17, 15) is 9.18 Å². The maximum atomic E-state index is 13.1. The van der Waals surface area contributed by atoms with Gasteiger partial charge in [-0.05, 0) is 30.5 Å². The molecule has 1 atom stereocenters. The molecule has 1 unspecified atom stereocenters. The summed E-state index contributed by atoms with van der Waals surface area (Å²) in [6, 6.07) is 6.57. The van der Waals surface area contributed by atoms with Crippen LogP contribution in [-0.2, 0) is 9.53 Å². The quantitative estimate of drug-likeness (QED) is 0.302. The number of nitrogens with one attached hydrogen (secondary N) is 2. The summed E-state index contributed by atoms with van der Waals surface area (Å²) in [5, 5.41) is 6.66. The van der Waals surface area contributed by atoms with Gasteiger partial charge in [-0.25, -0.2) is 4.39 Å². The van der Waals surface area contributed by atoms with Gasteiger partial charge >= 0.3 is 0 Å². The molecule has 1 aliphatic rings. The summed E-state index contributed by atoms with van der Waals surface area (Å²) in [7, 11) is 3.34. The molecule has 27 heavy (non-hydrogen) atoms. The molecule has 1 amide bonds. The molecular formula is C18H29FIN5O2. The number of primary amides is 1. The van der Waals surface area contributed by atoms with Crippen molar-refractivity contribution in [3.05, 3.63) is 35.6 Å². The molecular weight excluding hydrogens is 464 g/mol. The SMILES string of the molecule is CN=C(NCC(OC)c1ccc(F)cc1)NC1CCN(CC(N)=O)CC1.I. The van der Waals surface area contributed by atoms with Crippen molar-refractivity contribution in [2.45, 2.75) is 25.0 Å². The lowest BCUT2D eigenvalue weighted by Crippen LogP contribution is -2.50. The molecule has 4 N–H and O–H groups in total. The molecule has 1 aromatic rings. The Morgan fingerprint density at radius 2 is 2.00 bits per heavy atom. The van der Waals surface area contributed by atoms with E-state index in [0.717, 1.165) is 31.5 Å². The van der Waals surface area contributed by atoms with Crippen molar-refractivity contribution in [2.24, 2.45) is 10.7 Å². The lowest BCUT2D eigenvalue weighted by atomic mass is 10.1. The number of guanidine groups is 1. The lowest BCUT2D eigenvalue weighted by Gasteiger charge is -2.32. The normalized spacial score (nSPS) is 17.1. The Morgan fingerprint density at radius 1 is 1.37 bits per heavy atom. The van der Waals surface area contributed by atoms with E-state index < -0.39 is 0 Å². The number of hydrogen-bond donors (Lipinski definition) is 3. The van der Waals surface area contributed by atoms with Crippen LogP contribution in [0.5, 0.6) is 0 Å². The molecule has 1 fully saturated rings. The van der Waals surface area contributed by atoms with Crippen LogP contribution >= 0.6 is 24.0 Å².